The van der Waals surface area contributed by atoms with E-state index in [1.165, 1.54) is 18.1 Å². The van der Waals surface area contributed by atoms with Crippen molar-refractivity contribution < 1.29 is 23.1 Å². The fourth-order valence-corrected chi connectivity index (χ4v) is 4.77. The first kappa shape index (κ1) is 19.4. The highest BCUT2D eigenvalue weighted by molar-refractivity contribution is 6.08. The minimum atomic E-state index is -1.23. The van der Waals surface area contributed by atoms with Crippen molar-refractivity contribution in [1.29, 1.82) is 0 Å². The molecule has 0 saturated carbocycles. The molecule has 1 fully saturated rings. The zero-order valence-corrected chi connectivity index (χ0v) is 16.3. The van der Waals surface area contributed by atoms with Crippen molar-refractivity contribution in [3.63, 3.8) is 0 Å². The summed E-state index contributed by atoms with van der Waals surface area (Å²) < 4.78 is 33.6. The number of hydrogen-bond acceptors (Lipinski definition) is 3. The second kappa shape index (κ2) is 7.13. The quantitative estimate of drug-likeness (QED) is 0.848. The first-order chi connectivity index (χ1) is 14.0. The van der Waals surface area contributed by atoms with Crippen LogP contribution >= 0.6 is 0 Å². The average Bonchev–Trinajstić information content (AvgIpc) is 3.23. The molecule has 4 rings (SSSR count). The molecular formula is C22H22F2N2O3. The van der Waals surface area contributed by atoms with Gasteiger partial charge in [0.2, 0.25) is 5.91 Å². The molecule has 5 nitrogen and oxygen atoms in total. The molecule has 0 bridgehead atoms. The SMILES string of the molecule is CCC[C@@H]1N(C(=O)c2c(OC)ccc(F)c2F)CC[C@]12C(=O)Nc1ccccc12. The van der Waals surface area contributed by atoms with Crippen LogP contribution in [0.2, 0.25) is 0 Å². The van der Waals surface area contributed by atoms with Gasteiger partial charge in [-0.05, 0) is 36.6 Å². The lowest BCUT2D eigenvalue weighted by Gasteiger charge is -2.34. The van der Waals surface area contributed by atoms with Crippen molar-refractivity contribution in [1.82, 2.24) is 4.90 Å². The van der Waals surface area contributed by atoms with Gasteiger partial charge in [0.25, 0.3) is 5.91 Å². The Morgan fingerprint density at radius 1 is 1.28 bits per heavy atom. The fourth-order valence-electron chi connectivity index (χ4n) is 4.77. The van der Waals surface area contributed by atoms with E-state index in [0.717, 1.165) is 23.7 Å². The topological polar surface area (TPSA) is 58.6 Å². The van der Waals surface area contributed by atoms with Gasteiger partial charge in [-0.1, -0.05) is 31.5 Å². The highest BCUT2D eigenvalue weighted by Crippen LogP contribution is 2.50. The molecule has 0 unspecified atom stereocenters. The van der Waals surface area contributed by atoms with Gasteiger partial charge in [0, 0.05) is 12.2 Å². The van der Waals surface area contributed by atoms with Gasteiger partial charge in [-0.15, -0.1) is 0 Å². The van der Waals surface area contributed by atoms with Crippen LogP contribution in [-0.2, 0) is 10.2 Å². The molecule has 2 atom stereocenters. The summed E-state index contributed by atoms with van der Waals surface area (Å²) in [7, 11) is 1.30. The van der Waals surface area contributed by atoms with Crippen LogP contribution in [0.25, 0.3) is 0 Å². The fraction of sp³-hybridized carbons (Fsp3) is 0.364. The molecule has 0 aromatic heterocycles. The lowest BCUT2D eigenvalue weighted by molar-refractivity contribution is -0.121. The van der Waals surface area contributed by atoms with E-state index in [0.29, 0.717) is 12.8 Å². The van der Waals surface area contributed by atoms with E-state index in [4.69, 9.17) is 4.74 Å². The Morgan fingerprint density at radius 2 is 2.03 bits per heavy atom. The molecule has 2 aromatic carbocycles. The number of hydrogen-bond donors (Lipinski definition) is 1. The minimum Gasteiger partial charge on any atom is -0.496 e. The number of carbonyl (C=O) groups excluding carboxylic acids is 2. The van der Waals surface area contributed by atoms with E-state index in [9.17, 15) is 18.4 Å². The molecule has 0 radical (unpaired) electrons. The summed E-state index contributed by atoms with van der Waals surface area (Å²) in [5, 5.41) is 2.93. The largest absolute Gasteiger partial charge is 0.496 e. The van der Waals surface area contributed by atoms with Crippen LogP contribution in [0.15, 0.2) is 36.4 Å². The lowest BCUT2D eigenvalue weighted by Crippen LogP contribution is -2.49. The van der Waals surface area contributed by atoms with Gasteiger partial charge in [-0.25, -0.2) is 8.78 Å². The van der Waals surface area contributed by atoms with Crippen molar-refractivity contribution in [3.8, 4) is 5.75 Å². The van der Waals surface area contributed by atoms with Crippen LogP contribution in [0.3, 0.4) is 0 Å². The number of anilines is 1. The minimum absolute atomic E-state index is 0.0265. The first-order valence-electron chi connectivity index (χ1n) is 9.69. The molecule has 152 valence electrons. The number of nitrogens with one attached hydrogen (secondary N) is 1. The Kier molecular flexibility index (Phi) is 4.76. The summed E-state index contributed by atoms with van der Waals surface area (Å²) in [5.74, 6) is -3.19. The molecule has 1 spiro atoms. The summed E-state index contributed by atoms with van der Waals surface area (Å²) in [6.45, 7) is 2.24. The van der Waals surface area contributed by atoms with Gasteiger partial charge in [0.15, 0.2) is 11.6 Å². The third-order valence-corrected chi connectivity index (χ3v) is 6.07. The highest BCUT2D eigenvalue weighted by Gasteiger charge is 2.58. The van der Waals surface area contributed by atoms with Gasteiger partial charge in [-0.3, -0.25) is 9.59 Å². The predicted octanol–water partition coefficient (Wildman–Crippen LogP) is 3.88. The van der Waals surface area contributed by atoms with Crippen molar-refractivity contribution in [2.45, 2.75) is 37.6 Å². The molecule has 7 heteroatoms. The number of benzene rings is 2. The number of ether oxygens (including phenoxy) is 1. The smallest absolute Gasteiger partial charge is 0.261 e. The van der Waals surface area contributed by atoms with E-state index in [-0.39, 0.29) is 18.2 Å². The van der Waals surface area contributed by atoms with Crippen LogP contribution in [0.5, 0.6) is 5.75 Å². The molecule has 2 aromatic rings. The Bertz CT molecular complexity index is 994. The standard InChI is InChI=1S/C22H22F2N2O3/c1-3-6-17-22(13-7-4-5-8-15(13)25-21(22)28)11-12-26(17)20(27)18-16(29-2)10-9-14(23)19(18)24/h4-5,7-10,17H,3,6,11-12H2,1-2H3,(H,25,28)/t17-,22+/m0/s1. The molecule has 2 aliphatic rings. The molecule has 2 aliphatic heterocycles. The van der Waals surface area contributed by atoms with E-state index in [1.807, 2.05) is 31.2 Å². The maximum absolute atomic E-state index is 14.6. The van der Waals surface area contributed by atoms with E-state index in [1.54, 1.807) is 0 Å². The van der Waals surface area contributed by atoms with Gasteiger partial charge >= 0.3 is 0 Å². The summed E-state index contributed by atoms with van der Waals surface area (Å²) in [4.78, 5) is 27.9. The van der Waals surface area contributed by atoms with Gasteiger partial charge in [0.05, 0.1) is 18.6 Å². The van der Waals surface area contributed by atoms with Gasteiger partial charge < -0.3 is 15.0 Å². The second-order valence-corrected chi connectivity index (χ2v) is 7.46. The number of nitrogens with zero attached hydrogens (tertiary/aromatic N) is 1. The summed E-state index contributed by atoms with van der Waals surface area (Å²) >= 11 is 0. The van der Waals surface area contributed by atoms with E-state index in [2.05, 4.69) is 5.32 Å². The monoisotopic (exact) mass is 400 g/mol. The van der Waals surface area contributed by atoms with E-state index >= 15 is 0 Å². The Labute approximate surface area is 167 Å². The van der Waals surface area contributed by atoms with Crippen molar-refractivity contribution >= 4 is 17.5 Å². The predicted molar refractivity (Wildman–Crippen MR) is 104 cm³/mol. The zero-order chi connectivity index (χ0) is 20.8. The van der Waals surface area contributed by atoms with Crippen molar-refractivity contribution in [2.24, 2.45) is 0 Å². The second-order valence-electron chi connectivity index (χ2n) is 7.46. The number of amides is 2. The van der Waals surface area contributed by atoms with Crippen molar-refractivity contribution in [3.05, 3.63) is 59.2 Å². The number of fused-ring (bicyclic) bond motifs is 2. The zero-order valence-electron chi connectivity index (χ0n) is 16.3. The molecular weight excluding hydrogens is 378 g/mol. The first-order valence-corrected chi connectivity index (χ1v) is 9.69. The number of halogens is 2. The Hall–Kier alpha value is -2.96. The summed E-state index contributed by atoms with van der Waals surface area (Å²) in [5.41, 5.74) is 0.268. The third kappa shape index (κ3) is 2.71. The summed E-state index contributed by atoms with van der Waals surface area (Å²) in [6, 6.07) is 9.15. The molecule has 29 heavy (non-hydrogen) atoms. The van der Waals surface area contributed by atoms with Gasteiger partial charge in [-0.2, -0.15) is 0 Å². The number of likely N-dealkylation sites (tertiary alicyclic amines) is 1. The molecule has 0 aliphatic carbocycles. The van der Waals surface area contributed by atoms with E-state index < -0.39 is 34.6 Å². The van der Waals surface area contributed by atoms with Crippen LogP contribution in [0, 0.1) is 11.6 Å². The molecule has 2 amide bonds. The van der Waals surface area contributed by atoms with Crippen molar-refractivity contribution in [2.75, 3.05) is 19.0 Å². The molecule has 1 N–H and O–H groups in total. The Balaban J connectivity index is 1.80. The third-order valence-electron chi connectivity index (χ3n) is 6.07. The highest BCUT2D eigenvalue weighted by atomic mass is 19.2. The normalized spacial score (nSPS) is 22.7. The van der Waals surface area contributed by atoms with Crippen LogP contribution < -0.4 is 10.1 Å². The maximum atomic E-state index is 14.6. The lowest BCUT2D eigenvalue weighted by atomic mass is 9.73. The van der Waals surface area contributed by atoms with Crippen LogP contribution in [0.4, 0.5) is 14.5 Å². The number of para-hydroxylation sites is 1. The number of methoxy groups -OCH3 is 1. The summed E-state index contributed by atoms with van der Waals surface area (Å²) in [6.07, 6.45) is 1.71. The molecule has 1 saturated heterocycles. The number of rotatable bonds is 4. The Morgan fingerprint density at radius 3 is 2.76 bits per heavy atom. The van der Waals surface area contributed by atoms with Gasteiger partial charge in [0.1, 0.15) is 11.3 Å². The molecule has 2 heterocycles. The average molecular weight is 400 g/mol. The van der Waals surface area contributed by atoms with Crippen LogP contribution in [0.1, 0.15) is 42.1 Å². The number of carbonyl (C=O) groups is 2. The van der Waals surface area contributed by atoms with Crippen LogP contribution in [-0.4, -0.2) is 36.4 Å². The maximum Gasteiger partial charge on any atom is 0.261 e.